The summed E-state index contributed by atoms with van der Waals surface area (Å²) >= 11 is 6.04. The summed E-state index contributed by atoms with van der Waals surface area (Å²) in [5.41, 5.74) is 1.43. The highest BCUT2D eigenvalue weighted by Gasteiger charge is 2.20. The number of nitro groups is 1. The molecule has 0 aliphatic heterocycles. The molecule has 0 aliphatic carbocycles. The highest BCUT2D eigenvalue weighted by molar-refractivity contribution is 6.34. The Morgan fingerprint density at radius 2 is 2.00 bits per heavy atom. The van der Waals surface area contributed by atoms with E-state index in [4.69, 9.17) is 11.6 Å². The van der Waals surface area contributed by atoms with Crippen molar-refractivity contribution in [3.63, 3.8) is 0 Å². The maximum Gasteiger partial charge on any atom is 0.298 e. The Morgan fingerprint density at radius 3 is 2.56 bits per heavy atom. The van der Waals surface area contributed by atoms with Crippen molar-refractivity contribution in [2.24, 2.45) is 0 Å². The van der Waals surface area contributed by atoms with Crippen LogP contribution < -0.4 is 0 Å². The summed E-state index contributed by atoms with van der Waals surface area (Å²) in [5, 5.41) is 12.6. The molecule has 0 radical (unpaired) electrons. The van der Waals surface area contributed by atoms with Gasteiger partial charge in [-0.3, -0.25) is 10.1 Å². The predicted molar refractivity (Wildman–Crippen MR) is 72.2 cm³/mol. The van der Waals surface area contributed by atoms with Crippen LogP contribution in [-0.4, -0.2) is 9.91 Å². The molecule has 0 bridgehead atoms. The number of rotatable bonds is 2. The molecule has 0 amide bonds. The maximum absolute atomic E-state index is 11.2. The van der Waals surface area contributed by atoms with E-state index in [1.165, 1.54) is 0 Å². The van der Waals surface area contributed by atoms with Gasteiger partial charge in [-0.05, 0) is 24.5 Å². The van der Waals surface area contributed by atoms with Crippen molar-refractivity contribution in [1.29, 1.82) is 0 Å². The zero-order chi connectivity index (χ0) is 13.4. The fourth-order valence-corrected chi connectivity index (χ4v) is 2.27. The second-order valence-electron chi connectivity index (χ2n) is 4.55. The molecule has 1 aromatic carbocycles. The van der Waals surface area contributed by atoms with E-state index < -0.39 is 4.92 Å². The summed E-state index contributed by atoms with van der Waals surface area (Å²) < 4.78 is 0. The minimum Gasteiger partial charge on any atom is -0.258 e. The van der Waals surface area contributed by atoms with Gasteiger partial charge in [0, 0.05) is 5.39 Å². The van der Waals surface area contributed by atoms with Crippen LogP contribution in [0.4, 0.5) is 5.69 Å². The second kappa shape index (κ2) is 4.53. The van der Waals surface area contributed by atoms with Crippen LogP contribution in [0.3, 0.4) is 0 Å². The van der Waals surface area contributed by atoms with Crippen molar-refractivity contribution < 1.29 is 4.92 Å². The number of hydrogen-bond donors (Lipinski definition) is 0. The van der Waals surface area contributed by atoms with Crippen LogP contribution in [-0.2, 0) is 0 Å². The van der Waals surface area contributed by atoms with Crippen LogP contribution in [0, 0.1) is 17.0 Å². The fraction of sp³-hybridized carbons (Fsp3) is 0.308. The highest BCUT2D eigenvalue weighted by atomic mass is 35.5. The molecule has 1 heterocycles. The molecule has 0 aliphatic rings. The van der Waals surface area contributed by atoms with Gasteiger partial charge in [-0.1, -0.05) is 37.6 Å². The molecule has 5 heteroatoms. The third-order valence-corrected chi connectivity index (χ3v) is 3.27. The van der Waals surface area contributed by atoms with E-state index in [1.54, 1.807) is 13.0 Å². The monoisotopic (exact) mass is 264 g/mol. The highest BCUT2D eigenvalue weighted by Crippen LogP contribution is 2.34. The van der Waals surface area contributed by atoms with Gasteiger partial charge >= 0.3 is 0 Å². The molecule has 94 valence electrons. The van der Waals surface area contributed by atoms with E-state index in [2.05, 4.69) is 4.98 Å². The SMILES string of the molecule is Cc1nc(Cl)c2ccc(C(C)C)cc2c1[N+](=O)[O-]. The minimum absolute atomic E-state index is 0.0388. The van der Waals surface area contributed by atoms with Gasteiger partial charge in [0.1, 0.15) is 10.8 Å². The molecule has 2 rings (SSSR count). The molecule has 0 fully saturated rings. The van der Waals surface area contributed by atoms with E-state index in [0.29, 0.717) is 27.5 Å². The van der Waals surface area contributed by atoms with Crippen molar-refractivity contribution >= 4 is 28.1 Å². The molecule has 0 spiro atoms. The lowest BCUT2D eigenvalue weighted by Gasteiger charge is -2.09. The topological polar surface area (TPSA) is 56.0 Å². The lowest BCUT2D eigenvalue weighted by molar-refractivity contribution is -0.383. The Labute approximate surface area is 110 Å². The van der Waals surface area contributed by atoms with Gasteiger partial charge in [-0.15, -0.1) is 0 Å². The van der Waals surface area contributed by atoms with Gasteiger partial charge in [0.05, 0.1) is 10.3 Å². The Morgan fingerprint density at radius 1 is 1.33 bits per heavy atom. The molecular formula is C13H13ClN2O2. The Bertz CT molecular complexity index is 638. The normalized spacial score (nSPS) is 11.2. The molecule has 18 heavy (non-hydrogen) atoms. The number of halogens is 1. The predicted octanol–water partition coefficient (Wildman–Crippen LogP) is 4.23. The van der Waals surface area contributed by atoms with Gasteiger partial charge in [0.2, 0.25) is 0 Å². The summed E-state index contributed by atoms with van der Waals surface area (Å²) in [6, 6.07) is 5.56. The van der Waals surface area contributed by atoms with Crippen molar-refractivity contribution in [2.75, 3.05) is 0 Å². The first-order valence-corrected chi connectivity index (χ1v) is 6.03. The average Bonchev–Trinajstić information content (AvgIpc) is 2.27. The second-order valence-corrected chi connectivity index (χ2v) is 4.91. The fourth-order valence-electron chi connectivity index (χ4n) is 1.98. The van der Waals surface area contributed by atoms with Gasteiger partial charge in [0.25, 0.3) is 5.69 Å². The van der Waals surface area contributed by atoms with Gasteiger partial charge < -0.3 is 0 Å². The Balaban J connectivity index is 2.88. The zero-order valence-electron chi connectivity index (χ0n) is 10.4. The lowest BCUT2D eigenvalue weighted by atomic mass is 9.99. The minimum atomic E-state index is -0.398. The number of fused-ring (bicyclic) bond motifs is 1. The molecule has 4 nitrogen and oxygen atoms in total. The van der Waals surface area contributed by atoms with Crippen LogP contribution in [0.25, 0.3) is 10.8 Å². The summed E-state index contributed by atoms with van der Waals surface area (Å²) in [6.45, 7) is 5.69. The van der Waals surface area contributed by atoms with Gasteiger partial charge in [0.15, 0.2) is 0 Å². The van der Waals surface area contributed by atoms with Crippen LogP contribution in [0.5, 0.6) is 0 Å². The van der Waals surface area contributed by atoms with E-state index in [1.807, 2.05) is 26.0 Å². The van der Waals surface area contributed by atoms with Crippen molar-refractivity contribution in [3.05, 3.63) is 44.7 Å². The smallest absolute Gasteiger partial charge is 0.258 e. The molecule has 1 aromatic heterocycles. The van der Waals surface area contributed by atoms with Gasteiger partial charge in [-0.2, -0.15) is 0 Å². The number of hydrogen-bond acceptors (Lipinski definition) is 3. The summed E-state index contributed by atoms with van der Waals surface area (Å²) in [6.07, 6.45) is 0. The molecule has 0 unspecified atom stereocenters. The number of aryl methyl sites for hydroxylation is 1. The molecular weight excluding hydrogens is 252 g/mol. The van der Waals surface area contributed by atoms with Crippen LogP contribution >= 0.6 is 11.6 Å². The molecule has 0 N–H and O–H groups in total. The van der Waals surface area contributed by atoms with Crippen LogP contribution in [0.1, 0.15) is 31.0 Å². The van der Waals surface area contributed by atoms with Crippen LogP contribution in [0.15, 0.2) is 18.2 Å². The molecule has 0 saturated carbocycles. The van der Waals surface area contributed by atoms with Gasteiger partial charge in [-0.25, -0.2) is 4.98 Å². The molecule has 0 atom stereocenters. The molecule has 0 saturated heterocycles. The molecule has 2 aromatic rings. The largest absolute Gasteiger partial charge is 0.298 e. The first-order chi connectivity index (χ1) is 8.41. The number of aromatic nitrogens is 1. The van der Waals surface area contributed by atoms with E-state index >= 15 is 0 Å². The van der Waals surface area contributed by atoms with Crippen molar-refractivity contribution in [1.82, 2.24) is 4.98 Å². The summed E-state index contributed by atoms with van der Waals surface area (Å²) in [7, 11) is 0. The van der Waals surface area contributed by atoms with E-state index in [-0.39, 0.29) is 5.69 Å². The number of benzene rings is 1. The first kappa shape index (κ1) is 12.8. The average molecular weight is 265 g/mol. The van der Waals surface area contributed by atoms with E-state index in [0.717, 1.165) is 5.56 Å². The first-order valence-electron chi connectivity index (χ1n) is 5.66. The van der Waals surface area contributed by atoms with Crippen molar-refractivity contribution in [3.8, 4) is 0 Å². The Hall–Kier alpha value is -1.68. The maximum atomic E-state index is 11.2. The number of pyridine rings is 1. The summed E-state index contributed by atoms with van der Waals surface area (Å²) in [5.74, 6) is 0.307. The Kier molecular flexibility index (Phi) is 3.22. The quantitative estimate of drug-likeness (QED) is 0.463. The standard InChI is InChI=1S/C13H13ClN2O2/c1-7(2)9-4-5-10-11(6-9)12(16(17)18)8(3)15-13(10)14/h4-7H,1-3H3. The van der Waals surface area contributed by atoms with Crippen LogP contribution in [0.2, 0.25) is 5.15 Å². The van der Waals surface area contributed by atoms with Crippen molar-refractivity contribution in [2.45, 2.75) is 26.7 Å². The summed E-state index contributed by atoms with van der Waals surface area (Å²) in [4.78, 5) is 14.8. The van der Waals surface area contributed by atoms with E-state index in [9.17, 15) is 10.1 Å². The third kappa shape index (κ3) is 2.04. The zero-order valence-corrected chi connectivity index (χ0v) is 11.2. The lowest BCUT2D eigenvalue weighted by Crippen LogP contribution is -1.98. The third-order valence-electron chi connectivity index (χ3n) is 2.98. The number of nitrogens with zero attached hydrogens (tertiary/aromatic N) is 2.